The first kappa shape index (κ1) is 11.5. The van der Waals surface area contributed by atoms with E-state index in [1.165, 1.54) is 12.1 Å². The predicted octanol–water partition coefficient (Wildman–Crippen LogP) is 3.54. The number of benzene rings is 1. The van der Waals surface area contributed by atoms with Crippen molar-refractivity contribution in [1.82, 2.24) is 0 Å². The predicted molar refractivity (Wildman–Crippen MR) is 51.1 cm³/mol. The van der Waals surface area contributed by atoms with Gasteiger partial charge in [0.15, 0.2) is 0 Å². The van der Waals surface area contributed by atoms with E-state index >= 15 is 0 Å². The quantitative estimate of drug-likeness (QED) is 0.788. The molecular weight excluding hydrogens is 209 g/mol. The summed E-state index contributed by atoms with van der Waals surface area (Å²) in [4.78, 5) is 10.1. The maximum Gasteiger partial charge on any atom is 0.418 e. The highest BCUT2D eigenvalue weighted by Gasteiger charge is 2.33. The fourth-order valence-corrected chi connectivity index (χ4v) is 1.17. The van der Waals surface area contributed by atoms with Gasteiger partial charge in [-0.05, 0) is 30.3 Å². The first-order valence-corrected chi connectivity index (χ1v) is 4.27. The molecule has 0 aliphatic carbocycles. The van der Waals surface area contributed by atoms with E-state index in [0.29, 0.717) is 6.54 Å². The molecule has 1 aromatic rings. The minimum absolute atomic E-state index is 0.0441. The maximum atomic E-state index is 12.5. The molecule has 0 saturated carbocycles. The van der Waals surface area contributed by atoms with Gasteiger partial charge < -0.3 is 5.32 Å². The lowest BCUT2D eigenvalue weighted by Gasteiger charge is -2.13. The van der Waals surface area contributed by atoms with Crippen LogP contribution in [0.2, 0.25) is 0 Å². The van der Waals surface area contributed by atoms with Crippen molar-refractivity contribution >= 4 is 11.4 Å². The van der Waals surface area contributed by atoms with Crippen LogP contribution in [-0.2, 0) is 6.18 Å². The number of halogens is 3. The van der Waals surface area contributed by atoms with Crippen molar-refractivity contribution in [3.8, 4) is 0 Å². The molecule has 1 aromatic carbocycles. The van der Waals surface area contributed by atoms with Gasteiger partial charge in [-0.15, -0.1) is 4.91 Å². The van der Waals surface area contributed by atoms with Crippen LogP contribution in [0.5, 0.6) is 0 Å². The molecular formula is C9H9F3N2O. The highest BCUT2D eigenvalue weighted by atomic mass is 19.4. The minimum atomic E-state index is -4.49. The van der Waals surface area contributed by atoms with Crippen LogP contribution < -0.4 is 5.32 Å². The van der Waals surface area contributed by atoms with E-state index < -0.39 is 11.7 Å². The van der Waals surface area contributed by atoms with Crippen molar-refractivity contribution in [2.24, 2.45) is 5.18 Å². The second-order valence-corrected chi connectivity index (χ2v) is 2.85. The summed E-state index contributed by atoms with van der Waals surface area (Å²) in [5.74, 6) is 0. The second kappa shape index (κ2) is 4.29. The van der Waals surface area contributed by atoms with E-state index in [2.05, 4.69) is 10.5 Å². The number of hydrogen-bond donors (Lipinski definition) is 1. The van der Waals surface area contributed by atoms with E-state index in [1.54, 1.807) is 6.92 Å². The van der Waals surface area contributed by atoms with Gasteiger partial charge >= 0.3 is 6.18 Å². The fraction of sp³-hybridized carbons (Fsp3) is 0.333. The highest BCUT2D eigenvalue weighted by molar-refractivity contribution is 5.58. The molecule has 0 aromatic heterocycles. The van der Waals surface area contributed by atoms with Gasteiger partial charge in [0.25, 0.3) is 0 Å². The number of nitrogens with zero attached hydrogens (tertiary/aromatic N) is 1. The Kier molecular flexibility index (Phi) is 3.28. The number of nitrogens with one attached hydrogen (secondary N) is 1. The molecule has 1 rings (SSSR count). The van der Waals surface area contributed by atoms with Crippen molar-refractivity contribution < 1.29 is 13.2 Å². The smallest absolute Gasteiger partial charge is 0.385 e. The number of rotatable bonds is 3. The van der Waals surface area contributed by atoms with Crippen LogP contribution in [0.3, 0.4) is 0 Å². The Labute approximate surface area is 84.3 Å². The Balaban J connectivity index is 3.22. The number of alkyl halides is 3. The summed E-state index contributed by atoms with van der Waals surface area (Å²) in [5.41, 5.74) is -1.15. The summed E-state index contributed by atoms with van der Waals surface area (Å²) < 4.78 is 37.5. The van der Waals surface area contributed by atoms with Crippen LogP contribution >= 0.6 is 0 Å². The molecule has 82 valence electrons. The van der Waals surface area contributed by atoms with Crippen molar-refractivity contribution in [1.29, 1.82) is 0 Å². The zero-order valence-electron chi connectivity index (χ0n) is 7.93. The fourth-order valence-electron chi connectivity index (χ4n) is 1.17. The maximum absolute atomic E-state index is 12.5. The van der Waals surface area contributed by atoms with Gasteiger partial charge in [-0.3, -0.25) is 0 Å². The van der Waals surface area contributed by atoms with Crippen molar-refractivity contribution in [3.63, 3.8) is 0 Å². The van der Waals surface area contributed by atoms with Gasteiger partial charge in [-0.1, -0.05) is 0 Å². The van der Waals surface area contributed by atoms with E-state index in [1.807, 2.05) is 0 Å². The topological polar surface area (TPSA) is 41.5 Å². The lowest BCUT2D eigenvalue weighted by molar-refractivity contribution is -0.136. The van der Waals surface area contributed by atoms with Crippen LogP contribution in [0.15, 0.2) is 23.4 Å². The van der Waals surface area contributed by atoms with Crippen LogP contribution in [0.1, 0.15) is 12.5 Å². The molecule has 15 heavy (non-hydrogen) atoms. The summed E-state index contributed by atoms with van der Waals surface area (Å²) >= 11 is 0. The van der Waals surface area contributed by atoms with Crippen LogP contribution in [0.4, 0.5) is 24.5 Å². The summed E-state index contributed by atoms with van der Waals surface area (Å²) in [7, 11) is 0. The second-order valence-electron chi connectivity index (χ2n) is 2.85. The van der Waals surface area contributed by atoms with Crippen molar-refractivity contribution in [3.05, 3.63) is 28.7 Å². The average Bonchev–Trinajstić information content (AvgIpc) is 2.17. The monoisotopic (exact) mass is 218 g/mol. The normalized spacial score (nSPS) is 11.2. The molecule has 0 atom stereocenters. The minimum Gasteiger partial charge on any atom is -0.385 e. The summed E-state index contributed by atoms with van der Waals surface area (Å²) in [6.45, 7) is 2.06. The van der Waals surface area contributed by atoms with E-state index in [0.717, 1.165) is 6.07 Å². The molecule has 0 amide bonds. The summed E-state index contributed by atoms with van der Waals surface area (Å²) in [6.07, 6.45) is -4.49. The van der Waals surface area contributed by atoms with Crippen LogP contribution in [0.25, 0.3) is 0 Å². The third-order valence-electron chi connectivity index (χ3n) is 1.78. The van der Waals surface area contributed by atoms with Crippen LogP contribution in [0, 0.1) is 4.91 Å². The zero-order chi connectivity index (χ0) is 11.5. The molecule has 0 aliphatic heterocycles. The zero-order valence-corrected chi connectivity index (χ0v) is 7.93. The Morgan fingerprint density at radius 3 is 2.53 bits per heavy atom. The largest absolute Gasteiger partial charge is 0.418 e. The Morgan fingerprint density at radius 2 is 2.07 bits per heavy atom. The van der Waals surface area contributed by atoms with Gasteiger partial charge in [0.1, 0.15) is 5.69 Å². The Hall–Kier alpha value is -1.59. The van der Waals surface area contributed by atoms with Gasteiger partial charge in [0.2, 0.25) is 0 Å². The third-order valence-corrected chi connectivity index (χ3v) is 1.78. The lowest BCUT2D eigenvalue weighted by Crippen LogP contribution is -2.10. The SMILES string of the molecule is CCNc1ccc(N=O)cc1C(F)(F)F. The van der Waals surface area contributed by atoms with Gasteiger partial charge in [-0.25, -0.2) is 0 Å². The Morgan fingerprint density at radius 1 is 1.40 bits per heavy atom. The van der Waals surface area contributed by atoms with Crippen molar-refractivity contribution in [2.45, 2.75) is 13.1 Å². The molecule has 0 fully saturated rings. The molecule has 0 spiro atoms. The standard InChI is InChI=1S/C9H9F3N2O/c1-2-13-8-4-3-6(14-15)5-7(8)9(10,11)12/h3-5,13H,2H2,1H3. The number of hydrogen-bond acceptors (Lipinski definition) is 3. The molecule has 0 radical (unpaired) electrons. The molecule has 1 N–H and O–H groups in total. The molecule has 0 aliphatic rings. The van der Waals surface area contributed by atoms with E-state index in [4.69, 9.17) is 0 Å². The third kappa shape index (κ3) is 2.68. The van der Waals surface area contributed by atoms with Gasteiger partial charge in [-0.2, -0.15) is 13.2 Å². The first-order chi connectivity index (χ1) is 6.99. The Bertz CT molecular complexity index is 363. The molecule has 3 nitrogen and oxygen atoms in total. The van der Waals surface area contributed by atoms with E-state index in [-0.39, 0.29) is 11.4 Å². The van der Waals surface area contributed by atoms with E-state index in [9.17, 15) is 18.1 Å². The average molecular weight is 218 g/mol. The molecule has 0 bridgehead atoms. The van der Waals surface area contributed by atoms with Crippen LogP contribution in [-0.4, -0.2) is 6.54 Å². The highest BCUT2D eigenvalue weighted by Crippen LogP contribution is 2.36. The lowest BCUT2D eigenvalue weighted by atomic mass is 10.1. The van der Waals surface area contributed by atoms with Gasteiger partial charge in [0, 0.05) is 12.2 Å². The molecule has 0 unspecified atom stereocenters. The number of anilines is 1. The summed E-state index contributed by atoms with van der Waals surface area (Å²) in [6, 6.07) is 3.16. The summed E-state index contributed by atoms with van der Waals surface area (Å²) in [5, 5.41) is 5.04. The van der Waals surface area contributed by atoms with Gasteiger partial charge in [0.05, 0.1) is 5.56 Å². The molecule has 0 heterocycles. The molecule has 6 heteroatoms. The van der Waals surface area contributed by atoms with Crippen molar-refractivity contribution in [2.75, 3.05) is 11.9 Å². The number of nitroso groups, excluding NO2 is 1. The first-order valence-electron chi connectivity index (χ1n) is 4.27. The molecule has 0 saturated heterocycles.